The molecule has 0 radical (unpaired) electrons. The quantitative estimate of drug-likeness (QED) is 0.752. The molecule has 2 aromatic rings. The molecule has 1 atom stereocenters. The third-order valence-electron chi connectivity index (χ3n) is 3.97. The molecule has 2 aromatic carbocycles. The van der Waals surface area contributed by atoms with E-state index in [0.29, 0.717) is 5.69 Å². The summed E-state index contributed by atoms with van der Waals surface area (Å²) in [5.41, 5.74) is 1.91. The first-order valence-electron chi connectivity index (χ1n) is 8.25. The van der Waals surface area contributed by atoms with E-state index in [0.717, 1.165) is 24.2 Å². The van der Waals surface area contributed by atoms with Crippen LogP contribution in [0, 0.1) is 11.7 Å². The van der Waals surface area contributed by atoms with Crippen molar-refractivity contribution in [2.24, 2.45) is 5.92 Å². The van der Waals surface area contributed by atoms with Gasteiger partial charge >= 0.3 is 0 Å². The Morgan fingerprint density at radius 3 is 2.32 bits per heavy atom. The van der Waals surface area contributed by atoms with Crippen molar-refractivity contribution in [1.82, 2.24) is 0 Å². The normalized spacial score (nSPS) is 14.5. The molecule has 0 spiro atoms. The Labute approximate surface area is 145 Å². The molecule has 0 aliphatic heterocycles. The van der Waals surface area contributed by atoms with Crippen LogP contribution >= 0.6 is 0 Å². The Hall–Kier alpha value is -2.89. The maximum atomic E-state index is 13.2. The number of amides is 2. The molecule has 1 aliphatic carbocycles. The number of anilines is 3. The van der Waals surface area contributed by atoms with E-state index in [9.17, 15) is 14.0 Å². The zero-order valence-corrected chi connectivity index (χ0v) is 13.9. The monoisotopic (exact) mass is 341 g/mol. The number of hydrogen-bond donors (Lipinski definition) is 3. The SMILES string of the molecule is C[C@@H](Nc1ccc(NC(=O)C2CC2)cc1)C(=O)Nc1cccc(F)c1. The van der Waals surface area contributed by atoms with Crippen molar-refractivity contribution >= 4 is 28.9 Å². The third kappa shape index (κ3) is 4.79. The van der Waals surface area contributed by atoms with Gasteiger partial charge in [-0.2, -0.15) is 0 Å². The molecule has 25 heavy (non-hydrogen) atoms. The minimum Gasteiger partial charge on any atom is -0.374 e. The molecule has 0 unspecified atom stereocenters. The molecule has 6 heteroatoms. The average molecular weight is 341 g/mol. The number of hydrogen-bond acceptors (Lipinski definition) is 3. The molecule has 130 valence electrons. The van der Waals surface area contributed by atoms with E-state index >= 15 is 0 Å². The third-order valence-corrected chi connectivity index (χ3v) is 3.97. The minimum atomic E-state index is -0.504. The summed E-state index contributed by atoms with van der Waals surface area (Å²) in [4.78, 5) is 23.9. The van der Waals surface area contributed by atoms with E-state index in [4.69, 9.17) is 0 Å². The number of carbonyl (C=O) groups is 2. The summed E-state index contributed by atoms with van der Waals surface area (Å²) in [6.45, 7) is 1.72. The molecule has 0 aromatic heterocycles. The van der Waals surface area contributed by atoms with Gasteiger partial charge in [0.2, 0.25) is 11.8 Å². The zero-order valence-electron chi connectivity index (χ0n) is 13.9. The summed E-state index contributed by atoms with van der Waals surface area (Å²) in [6.07, 6.45) is 1.92. The average Bonchev–Trinajstić information content (AvgIpc) is 3.41. The van der Waals surface area contributed by atoms with Crippen LogP contribution in [0.4, 0.5) is 21.5 Å². The van der Waals surface area contributed by atoms with Gasteiger partial charge in [-0.15, -0.1) is 0 Å². The van der Waals surface area contributed by atoms with Crippen molar-refractivity contribution in [2.75, 3.05) is 16.0 Å². The fraction of sp³-hybridized carbons (Fsp3) is 0.263. The molecule has 0 heterocycles. The van der Waals surface area contributed by atoms with E-state index in [1.54, 1.807) is 37.3 Å². The molecule has 5 nitrogen and oxygen atoms in total. The summed E-state index contributed by atoms with van der Waals surface area (Å²) < 4.78 is 13.2. The molecule has 0 bridgehead atoms. The van der Waals surface area contributed by atoms with Crippen LogP contribution in [0.1, 0.15) is 19.8 Å². The second kappa shape index (κ2) is 7.34. The van der Waals surface area contributed by atoms with Crippen LogP contribution in [0.5, 0.6) is 0 Å². The minimum absolute atomic E-state index is 0.0588. The van der Waals surface area contributed by atoms with Crippen molar-refractivity contribution in [3.8, 4) is 0 Å². The maximum Gasteiger partial charge on any atom is 0.246 e. The highest BCUT2D eigenvalue weighted by Gasteiger charge is 2.29. The molecule has 3 N–H and O–H groups in total. The van der Waals surface area contributed by atoms with Crippen LogP contribution in [0.15, 0.2) is 48.5 Å². The van der Waals surface area contributed by atoms with Crippen molar-refractivity contribution < 1.29 is 14.0 Å². The number of halogens is 1. The van der Waals surface area contributed by atoms with Gasteiger partial charge < -0.3 is 16.0 Å². The van der Waals surface area contributed by atoms with E-state index in [-0.39, 0.29) is 17.7 Å². The van der Waals surface area contributed by atoms with Gasteiger partial charge in [0.1, 0.15) is 11.9 Å². The van der Waals surface area contributed by atoms with E-state index in [1.165, 1.54) is 18.2 Å². The van der Waals surface area contributed by atoms with Crippen LogP contribution in [0.2, 0.25) is 0 Å². The fourth-order valence-corrected chi connectivity index (χ4v) is 2.37. The van der Waals surface area contributed by atoms with Crippen LogP contribution in [0.3, 0.4) is 0 Å². The van der Waals surface area contributed by atoms with Gasteiger partial charge in [0.15, 0.2) is 0 Å². The molecular weight excluding hydrogens is 321 g/mol. The molecule has 3 rings (SSSR count). The lowest BCUT2D eigenvalue weighted by Gasteiger charge is -2.16. The largest absolute Gasteiger partial charge is 0.374 e. The van der Waals surface area contributed by atoms with Crippen molar-refractivity contribution in [3.05, 3.63) is 54.3 Å². The predicted octanol–water partition coefficient (Wildman–Crippen LogP) is 3.61. The molecule has 1 saturated carbocycles. The number of rotatable bonds is 6. The summed E-state index contributed by atoms with van der Waals surface area (Å²) in [7, 11) is 0. The van der Waals surface area contributed by atoms with Gasteiger partial charge in [-0.05, 0) is 62.2 Å². The number of nitrogens with one attached hydrogen (secondary N) is 3. The summed E-state index contributed by atoms with van der Waals surface area (Å²) in [5, 5.41) is 8.60. The Morgan fingerprint density at radius 2 is 1.68 bits per heavy atom. The Bertz CT molecular complexity index is 772. The lowest BCUT2D eigenvalue weighted by atomic mass is 10.2. The Morgan fingerprint density at radius 1 is 1.00 bits per heavy atom. The fourth-order valence-electron chi connectivity index (χ4n) is 2.37. The van der Waals surface area contributed by atoms with Crippen LogP contribution in [0.25, 0.3) is 0 Å². The van der Waals surface area contributed by atoms with Crippen molar-refractivity contribution in [1.29, 1.82) is 0 Å². The van der Waals surface area contributed by atoms with Crippen molar-refractivity contribution in [2.45, 2.75) is 25.8 Å². The van der Waals surface area contributed by atoms with E-state index < -0.39 is 11.9 Å². The Balaban J connectivity index is 1.53. The standard InChI is InChI=1S/C19H20FN3O2/c1-12(18(24)23-17-4-2-3-14(20)11-17)21-15-7-9-16(10-8-15)22-19(25)13-5-6-13/h2-4,7-13,21H,5-6H2,1H3,(H,22,25)(H,23,24)/t12-/m1/s1. The second-order valence-corrected chi connectivity index (χ2v) is 6.21. The highest BCUT2D eigenvalue weighted by atomic mass is 19.1. The van der Waals surface area contributed by atoms with Gasteiger partial charge in [0.25, 0.3) is 0 Å². The summed E-state index contributed by atoms with van der Waals surface area (Å²) >= 11 is 0. The number of benzene rings is 2. The molecule has 1 aliphatic rings. The lowest BCUT2D eigenvalue weighted by Crippen LogP contribution is -2.31. The van der Waals surface area contributed by atoms with Crippen molar-refractivity contribution in [3.63, 3.8) is 0 Å². The number of carbonyl (C=O) groups excluding carboxylic acids is 2. The van der Waals surface area contributed by atoms with Gasteiger partial charge in [-0.1, -0.05) is 6.07 Å². The van der Waals surface area contributed by atoms with Gasteiger partial charge in [0, 0.05) is 23.0 Å². The topological polar surface area (TPSA) is 70.2 Å². The molecular formula is C19H20FN3O2. The van der Waals surface area contributed by atoms with Crippen LogP contribution in [-0.2, 0) is 9.59 Å². The smallest absolute Gasteiger partial charge is 0.246 e. The van der Waals surface area contributed by atoms with E-state index in [2.05, 4.69) is 16.0 Å². The van der Waals surface area contributed by atoms with Crippen LogP contribution in [-0.4, -0.2) is 17.9 Å². The summed E-state index contributed by atoms with van der Waals surface area (Å²) in [5.74, 6) is -0.452. The maximum absolute atomic E-state index is 13.2. The van der Waals surface area contributed by atoms with Crippen LogP contribution < -0.4 is 16.0 Å². The second-order valence-electron chi connectivity index (χ2n) is 6.21. The first-order valence-corrected chi connectivity index (χ1v) is 8.25. The van der Waals surface area contributed by atoms with E-state index in [1.807, 2.05) is 0 Å². The first kappa shape index (κ1) is 17.0. The molecule has 0 saturated heterocycles. The predicted molar refractivity (Wildman–Crippen MR) is 95.9 cm³/mol. The zero-order chi connectivity index (χ0) is 17.8. The molecule has 2 amide bonds. The van der Waals surface area contributed by atoms with Gasteiger partial charge in [0.05, 0.1) is 0 Å². The highest BCUT2D eigenvalue weighted by Crippen LogP contribution is 2.30. The highest BCUT2D eigenvalue weighted by molar-refractivity contribution is 5.96. The van der Waals surface area contributed by atoms with Gasteiger partial charge in [-0.3, -0.25) is 9.59 Å². The molecule has 1 fully saturated rings. The Kier molecular flexibility index (Phi) is 4.97. The summed E-state index contributed by atoms with van der Waals surface area (Å²) in [6, 6.07) is 12.4. The first-order chi connectivity index (χ1) is 12.0. The lowest BCUT2D eigenvalue weighted by molar-refractivity contribution is -0.117. The van der Waals surface area contributed by atoms with Gasteiger partial charge in [-0.25, -0.2) is 4.39 Å².